The Morgan fingerprint density at radius 2 is 2.05 bits per heavy atom. The van der Waals surface area contributed by atoms with Gasteiger partial charge in [0.15, 0.2) is 4.34 Å². The highest BCUT2D eigenvalue weighted by Crippen LogP contribution is 2.30. The first-order valence-electron chi connectivity index (χ1n) is 6.45. The van der Waals surface area contributed by atoms with Crippen LogP contribution in [0, 0.1) is 11.3 Å². The molecule has 4 nitrogen and oxygen atoms in total. The van der Waals surface area contributed by atoms with Gasteiger partial charge < -0.3 is 5.32 Å². The van der Waals surface area contributed by atoms with Gasteiger partial charge in [-0.15, -0.1) is 11.3 Å². The van der Waals surface area contributed by atoms with Crippen LogP contribution in [0.25, 0.3) is 10.2 Å². The topological polar surface area (TPSA) is 65.8 Å². The molecule has 0 aliphatic rings. The number of amides is 1. The molecule has 0 spiro atoms. The molecule has 0 atom stereocenters. The number of hydrogen-bond donors (Lipinski definition) is 1. The fourth-order valence-corrected chi connectivity index (χ4v) is 3.50. The van der Waals surface area contributed by atoms with Gasteiger partial charge in [0.2, 0.25) is 0 Å². The van der Waals surface area contributed by atoms with E-state index in [4.69, 9.17) is 5.26 Å². The summed E-state index contributed by atoms with van der Waals surface area (Å²) < 4.78 is 2.05. The van der Waals surface area contributed by atoms with Gasteiger partial charge in [-0.05, 0) is 48.7 Å². The van der Waals surface area contributed by atoms with Crippen molar-refractivity contribution in [2.75, 3.05) is 11.6 Å². The third kappa shape index (κ3) is 2.96. The predicted octanol–water partition coefficient (Wildman–Crippen LogP) is 4.14. The van der Waals surface area contributed by atoms with Gasteiger partial charge in [0.05, 0.1) is 21.8 Å². The average Bonchev–Trinajstić information content (AvgIpc) is 2.97. The van der Waals surface area contributed by atoms with Crippen molar-refractivity contribution in [1.82, 2.24) is 4.98 Å². The van der Waals surface area contributed by atoms with Gasteiger partial charge in [0.25, 0.3) is 5.91 Å². The van der Waals surface area contributed by atoms with E-state index in [0.29, 0.717) is 11.1 Å². The fraction of sp³-hybridized carbons (Fsp3) is 0.0625. The number of anilines is 1. The first-order chi connectivity index (χ1) is 10.7. The van der Waals surface area contributed by atoms with Crippen LogP contribution in [0.4, 0.5) is 5.69 Å². The fourth-order valence-electron chi connectivity index (χ4n) is 1.97. The Labute approximate surface area is 135 Å². The number of nitrogens with one attached hydrogen (secondary N) is 1. The monoisotopic (exact) mass is 325 g/mol. The Balaban J connectivity index is 1.82. The van der Waals surface area contributed by atoms with Gasteiger partial charge in [-0.1, -0.05) is 11.8 Å². The molecule has 6 heteroatoms. The van der Waals surface area contributed by atoms with Crippen LogP contribution in [0.2, 0.25) is 0 Å². The summed E-state index contributed by atoms with van der Waals surface area (Å²) in [6.45, 7) is 0. The van der Waals surface area contributed by atoms with Crippen molar-refractivity contribution in [3.8, 4) is 6.07 Å². The summed E-state index contributed by atoms with van der Waals surface area (Å²) in [7, 11) is 0. The number of nitriles is 1. The molecular weight excluding hydrogens is 314 g/mol. The highest BCUT2D eigenvalue weighted by Gasteiger charge is 2.08. The summed E-state index contributed by atoms with van der Waals surface area (Å²) in [6, 6.07) is 14.2. The highest BCUT2D eigenvalue weighted by molar-refractivity contribution is 8.00. The molecule has 0 radical (unpaired) electrons. The zero-order chi connectivity index (χ0) is 15.5. The molecule has 108 valence electrons. The maximum Gasteiger partial charge on any atom is 0.255 e. The molecule has 1 N–H and O–H groups in total. The lowest BCUT2D eigenvalue weighted by Gasteiger charge is -2.05. The van der Waals surface area contributed by atoms with Crippen molar-refractivity contribution in [2.45, 2.75) is 4.34 Å². The SMILES string of the molecule is CSc1nc2ccc(NC(=O)c3ccc(C#N)cc3)cc2s1. The number of nitrogens with zero attached hydrogens (tertiary/aromatic N) is 2. The summed E-state index contributed by atoms with van der Waals surface area (Å²) in [6.07, 6.45) is 1.99. The smallest absolute Gasteiger partial charge is 0.255 e. The third-order valence-electron chi connectivity index (χ3n) is 3.08. The number of carbonyl (C=O) groups excluding carboxylic acids is 1. The van der Waals surface area contributed by atoms with Crippen molar-refractivity contribution in [3.63, 3.8) is 0 Å². The second kappa shape index (κ2) is 6.18. The number of rotatable bonds is 3. The molecule has 1 heterocycles. The van der Waals surface area contributed by atoms with E-state index >= 15 is 0 Å². The Kier molecular flexibility index (Phi) is 4.09. The van der Waals surface area contributed by atoms with Crippen LogP contribution < -0.4 is 5.32 Å². The lowest BCUT2D eigenvalue weighted by Crippen LogP contribution is -2.11. The number of benzene rings is 2. The number of thiazole rings is 1. The van der Waals surface area contributed by atoms with Crippen LogP contribution in [0.15, 0.2) is 46.8 Å². The molecule has 0 aliphatic carbocycles. The van der Waals surface area contributed by atoms with Crippen molar-refractivity contribution in [1.29, 1.82) is 5.26 Å². The lowest BCUT2D eigenvalue weighted by molar-refractivity contribution is 0.102. The second-order valence-corrected chi connectivity index (χ2v) is 6.59. The molecule has 1 aromatic heterocycles. The van der Waals surface area contributed by atoms with Gasteiger partial charge in [-0.3, -0.25) is 4.79 Å². The van der Waals surface area contributed by atoms with Crippen molar-refractivity contribution >= 4 is 44.9 Å². The van der Waals surface area contributed by atoms with Crippen LogP contribution in [-0.4, -0.2) is 17.1 Å². The van der Waals surface area contributed by atoms with Crippen LogP contribution in [0.5, 0.6) is 0 Å². The number of fused-ring (bicyclic) bond motifs is 1. The van der Waals surface area contributed by atoms with E-state index in [1.807, 2.05) is 30.5 Å². The molecule has 3 aromatic rings. The second-order valence-electron chi connectivity index (χ2n) is 4.51. The van der Waals surface area contributed by atoms with E-state index < -0.39 is 0 Å². The zero-order valence-electron chi connectivity index (χ0n) is 11.7. The van der Waals surface area contributed by atoms with E-state index in [1.165, 1.54) is 0 Å². The van der Waals surface area contributed by atoms with E-state index in [9.17, 15) is 4.79 Å². The molecule has 0 saturated heterocycles. The predicted molar refractivity (Wildman–Crippen MR) is 90.5 cm³/mol. The van der Waals surface area contributed by atoms with Gasteiger partial charge in [0.1, 0.15) is 0 Å². The maximum absolute atomic E-state index is 12.2. The summed E-state index contributed by atoms with van der Waals surface area (Å²) >= 11 is 3.21. The van der Waals surface area contributed by atoms with E-state index in [2.05, 4.69) is 10.3 Å². The van der Waals surface area contributed by atoms with E-state index in [0.717, 1.165) is 20.2 Å². The summed E-state index contributed by atoms with van der Waals surface area (Å²) in [5.41, 5.74) is 2.73. The molecule has 0 aliphatic heterocycles. The normalized spacial score (nSPS) is 10.4. The molecule has 0 bridgehead atoms. The molecule has 2 aromatic carbocycles. The molecule has 0 unspecified atom stereocenters. The summed E-state index contributed by atoms with van der Waals surface area (Å²) in [4.78, 5) is 16.7. The Bertz CT molecular complexity index is 879. The summed E-state index contributed by atoms with van der Waals surface area (Å²) in [5, 5.41) is 11.6. The first-order valence-corrected chi connectivity index (χ1v) is 8.50. The van der Waals surface area contributed by atoms with Crippen LogP contribution >= 0.6 is 23.1 Å². The molecule has 3 rings (SSSR count). The Morgan fingerprint density at radius 1 is 1.27 bits per heavy atom. The number of aromatic nitrogens is 1. The van der Waals surface area contributed by atoms with Gasteiger partial charge in [-0.25, -0.2) is 4.98 Å². The van der Waals surface area contributed by atoms with E-state index in [1.54, 1.807) is 47.4 Å². The molecule has 0 saturated carbocycles. The van der Waals surface area contributed by atoms with Gasteiger partial charge in [0, 0.05) is 11.3 Å². The average molecular weight is 325 g/mol. The standard InChI is InChI=1S/C16H11N3OS2/c1-21-16-19-13-7-6-12(8-14(13)22-16)18-15(20)11-4-2-10(9-17)3-5-11/h2-8H,1H3,(H,18,20). The molecular formula is C16H11N3OS2. The summed E-state index contributed by atoms with van der Waals surface area (Å²) in [5.74, 6) is -0.196. The number of hydrogen-bond acceptors (Lipinski definition) is 5. The molecule has 1 amide bonds. The maximum atomic E-state index is 12.2. The first kappa shape index (κ1) is 14.6. The number of carbonyl (C=O) groups is 1. The third-order valence-corrected chi connectivity index (χ3v) is 5.08. The van der Waals surface area contributed by atoms with E-state index in [-0.39, 0.29) is 5.91 Å². The van der Waals surface area contributed by atoms with Crippen molar-refractivity contribution < 1.29 is 4.79 Å². The van der Waals surface area contributed by atoms with Crippen LogP contribution in [0.1, 0.15) is 15.9 Å². The quantitative estimate of drug-likeness (QED) is 0.735. The molecule has 0 fully saturated rings. The minimum atomic E-state index is -0.196. The number of thioether (sulfide) groups is 1. The van der Waals surface area contributed by atoms with Crippen molar-refractivity contribution in [2.24, 2.45) is 0 Å². The van der Waals surface area contributed by atoms with Crippen LogP contribution in [-0.2, 0) is 0 Å². The zero-order valence-corrected chi connectivity index (χ0v) is 13.3. The van der Waals surface area contributed by atoms with Crippen molar-refractivity contribution in [3.05, 3.63) is 53.6 Å². The minimum absolute atomic E-state index is 0.196. The largest absolute Gasteiger partial charge is 0.322 e. The van der Waals surface area contributed by atoms with Gasteiger partial charge in [-0.2, -0.15) is 5.26 Å². The minimum Gasteiger partial charge on any atom is -0.322 e. The van der Waals surface area contributed by atoms with Crippen LogP contribution in [0.3, 0.4) is 0 Å². The lowest BCUT2D eigenvalue weighted by atomic mass is 10.1. The molecule has 22 heavy (non-hydrogen) atoms. The Hall–Kier alpha value is -2.36. The van der Waals surface area contributed by atoms with Gasteiger partial charge >= 0.3 is 0 Å². The Morgan fingerprint density at radius 3 is 2.73 bits per heavy atom. The highest BCUT2D eigenvalue weighted by atomic mass is 32.2.